The van der Waals surface area contributed by atoms with Gasteiger partial charge in [0, 0.05) is 37.2 Å². The highest BCUT2D eigenvalue weighted by atomic mass is 16.2. The lowest BCUT2D eigenvalue weighted by Crippen LogP contribution is -2.41. The molecule has 1 aliphatic rings. The van der Waals surface area contributed by atoms with Crippen LogP contribution in [0.4, 0.5) is 5.69 Å². The Kier molecular flexibility index (Phi) is 5.31. The molecule has 0 heterocycles. The summed E-state index contributed by atoms with van der Waals surface area (Å²) in [6.07, 6.45) is 3.06. The number of rotatable bonds is 6. The van der Waals surface area contributed by atoms with E-state index in [1.165, 1.54) is 13.8 Å². The molecule has 0 bridgehead atoms. The Morgan fingerprint density at radius 1 is 1.14 bits per heavy atom. The van der Waals surface area contributed by atoms with Gasteiger partial charge in [0.2, 0.25) is 11.8 Å². The summed E-state index contributed by atoms with van der Waals surface area (Å²) in [5.74, 6) is 0.143. The number of ketones is 1. The molecule has 1 aromatic rings. The van der Waals surface area contributed by atoms with Gasteiger partial charge in [0.1, 0.15) is 0 Å². The van der Waals surface area contributed by atoms with Crippen LogP contribution < -0.4 is 10.2 Å². The Labute approximate surface area is 130 Å². The SMILES string of the molecule is CC(=O)c1ccc(N(CCNC(=O)C2CCC2)C(C)=O)cc1. The van der Waals surface area contributed by atoms with Crippen LogP contribution in [0.3, 0.4) is 0 Å². The molecule has 22 heavy (non-hydrogen) atoms. The van der Waals surface area contributed by atoms with Gasteiger partial charge in [-0.1, -0.05) is 6.42 Å². The summed E-state index contributed by atoms with van der Waals surface area (Å²) >= 11 is 0. The molecule has 118 valence electrons. The third kappa shape index (κ3) is 3.93. The number of hydrogen-bond donors (Lipinski definition) is 1. The highest BCUT2D eigenvalue weighted by molar-refractivity contribution is 5.96. The number of Topliss-reactive ketones (excluding diaryl/α,β-unsaturated/α-hetero) is 1. The summed E-state index contributed by atoms with van der Waals surface area (Å²) in [6, 6.07) is 6.93. The topological polar surface area (TPSA) is 66.5 Å². The van der Waals surface area contributed by atoms with Crippen LogP contribution in [0, 0.1) is 5.92 Å². The predicted molar refractivity (Wildman–Crippen MR) is 84.8 cm³/mol. The zero-order chi connectivity index (χ0) is 16.1. The van der Waals surface area contributed by atoms with Gasteiger partial charge >= 0.3 is 0 Å². The smallest absolute Gasteiger partial charge is 0.223 e. The number of benzene rings is 1. The van der Waals surface area contributed by atoms with Gasteiger partial charge in [-0.2, -0.15) is 0 Å². The summed E-state index contributed by atoms with van der Waals surface area (Å²) in [6.45, 7) is 3.86. The number of anilines is 1. The molecule has 1 aliphatic carbocycles. The lowest BCUT2D eigenvalue weighted by atomic mass is 9.85. The molecule has 0 aliphatic heterocycles. The molecule has 0 saturated heterocycles. The lowest BCUT2D eigenvalue weighted by molar-refractivity contribution is -0.127. The van der Waals surface area contributed by atoms with E-state index < -0.39 is 0 Å². The summed E-state index contributed by atoms with van der Waals surface area (Å²) in [4.78, 5) is 36.4. The van der Waals surface area contributed by atoms with Crippen molar-refractivity contribution in [3.05, 3.63) is 29.8 Å². The number of carbonyl (C=O) groups is 3. The minimum atomic E-state index is -0.0894. The van der Waals surface area contributed by atoms with Crippen molar-refractivity contribution in [2.75, 3.05) is 18.0 Å². The van der Waals surface area contributed by atoms with E-state index in [0.29, 0.717) is 18.7 Å². The minimum absolute atomic E-state index is 0.00585. The van der Waals surface area contributed by atoms with Crippen LogP contribution in [0.5, 0.6) is 0 Å². The Bertz CT molecular complexity index is 562. The molecule has 0 atom stereocenters. The highest BCUT2D eigenvalue weighted by Crippen LogP contribution is 2.26. The van der Waals surface area contributed by atoms with Gasteiger partial charge < -0.3 is 10.2 Å². The number of carbonyl (C=O) groups excluding carboxylic acids is 3. The van der Waals surface area contributed by atoms with Crippen LogP contribution in [0.2, 0.25) is 0 Å². The first-order valence-corrected chi connectivity index (χ1v) is 7.66. The number of nitrogens with zero attached hydrogens (tertiary/aromatic N) is 1. The lowest BCUT2D eigenvalue weighted by Gasteiger charge is -2.26. The Morgan fingerprint density at radius 3 is 2.23 bits per heavy atom. The first-order valence-electron chi connectivity index (χ1n) is 7.66. The van der Waals surface area contributed by atoms with Crippen LogP contribution in [0.1, 0.15) is 43.5 Å². The standard InChI is InChI=1S/C17H22N2O3/c1-12(20)14-6-8-16(9-7-14)19(13(2)21)11-10-18-17(22)15-4-3-5-15/h6-9,15H,3-5,10-11H2,1-2H3,(H,18,22). The van der Waals surface area contributed by atoms with Gasteiger partial charge in [-0.3, -0.25) is 14.4 Å². The second-order valence-electron chi connectivity index (χ2n) is 5.69. The van der Waals surface area contributed by atoms with Crippen molar-refractivity contribution in [3.8, 4) is 0 Å². The van der Waals surface area contributed by atoms with E-state index in [9.17, 15) is 14.4 Å². The first kappa shape index (κ1) is 16.2. The summed E-state index contributed by atoms with van der Waals surface area (Å²) in [5.41, 5.74) is 1.35. The van der Waals surface area contributed by atoms with Crippen LogP contribution in [0.25, 0.3) is 0 Å². The molecule has 1 aromatic carbocycles. The van der Waals surface area contributed by atoms with Gasteiger partial charge in [-0.25, -0.2) is 0 Å². The van der Waals surface area contributed by atoms with Crippen LogP contribution in [0.15, 0.2) is 24.3 Å². The second-order valence-corrected chi connectivity index (χ2v) is 5.69. The number of amides is 2. The van der Waals surface area contributed by atoms with E-state index >= 15 is 0 Å². The normalized spacial score (nSPS) is 14.1. The molecule has 0 radical (unpaired) electrons. The van der Waals surface area contributed by atoms with Crippen LogP contribution in [-0.2, 0) is 9.59 Å². The molecule has 5 nitrogen and oxygen atoms in total. The van der Waals surface area contributed by atoms with E-state index in [2.05, 4.69) is 5.32 Å². The molecule has 2 rings (SSSR count). The van der Waals surface area contributed by atoms with E-state index in [0.717, 1.165) is 24.9 Å². The fraction of sp³-hybridized carbons (Fsp3) is 0.471. The predicted octanol–water partition coefficient (Wildman–Crippen LogP) is 2.16. The molecule has 5 heteroatoms. The fourth-order valence-electron chi connectivity index (χ4n) is 2.45. The van der Waals surface area contributed by atoms with Gasteiger partial charge in [-0.15, -0.1) is 0 Å². The minimum Gasteiger partial charge on any atom is -0.354 e. The van der Waals surface area contributed by atoms with E-state index in [1.807, 2.05) is 0 Å². The van der Waals surface area contributed by atoms with E-state index in [1.54, 1.807) is 29.2 Å². The molecule has 1 N–H and O–H groups in total. The maximum atomic E-state index is 11.8. The number of nitrogens with one attached hydrogen (secondary N) is 1. The van der Waals surface area contributed by atoms with Crippen LogP contribution in [-0.4, -0.2) is 30.7 Å². The third-order valence-corrected chi connectivity index (χ3v) is 4.08. The Hall–Kier alpha value is -2.17. The van der Waals surface area contributed by atoms with Gasteiger partial charge in [0.05, 0.1) is 0 Å². The summed E-state index contributed by atoms with van der Waals surface area (Å²) in [7, 11) is 0. The average Bonchev–Trinajstić information content (AvgIpc) is 2.41. The maximum absolute atomic E-state index is 11.8. The van der Waals surface area contributed by atoms with Gasteiger partial charge in [-0.05, 0) is 44.0 Å². The van der Waals surface area contributed by atoms with Gasteiger partial charge in [0.15, 0.2) is 5.78 Å². The van der Waals surface area contributed by atoms with Crippen molar-refractivity contribution in [1.82, 2.24) is 5.32 Å². The molecule has 2 amide bonds. The molecular weight excluding hydrogens is 280 g/mol. The van der Waals surface area contributed by atoms with Crippen molar-refractivity contribution in [1.29, 1.82) is 0 Å². The van der Waals surface area contributed by atoms with Crippen molar-refractivity contribution in [2.45, 2.75) is 33.1 Å². The van der Waals surface area contributed by atoms with Gasteiger partial charge in [0.25, 0.3) is 0 Å². The summed E-state index contributed by atoms with van der Waals surface area (Å²) < 4.78 is 0. The largest absolute Gasteiger partial charge is 0.354 e. The maximum Gasteiger partial charge on any atom is 0.223 e. The van der Waals surface area contributed by atoms with E-state index in [-0.39, 0.29) is 23.5 Å². The Morgan fingerprint density at radius 2 is 1.77 bits per heavy atom. The number of hydrogen-bond acceptors (Lipinski definition) is 3. The molecule has 0 spiro atoms. The molecule has 1 fully saturated rings. The van der Waals surface area contributed by atoms with Crippen molar-refractivity contribution < 1.29 is 14.4 Å². The highest BCUT2D eigenvalue weighted by Gasteiger charge is 2.24. The average molecular weight is 302 g/mol. The quantitative estimate of drug-likeness (QED) is 0.819. The molecule has 0 aromatic heterocycles. The third-order valence-electron chi connectivity index (χ3n) is 4.08. The zero-order valence-electron chi connectivity index (χ0n) is 13.1. The van der Waals surface area contributed by atoms with Crippen molar-refractivity contribution >= 4 is 23.3 Å². The van der Waals surface area contributed by atoms with Crippen molar-refractivity contribution in [2.24, 2.45) is 5.92 Å². The summed E-state index contributed by atoms with van der Waals surface area (Å²) in [5, 5.41) is 2.88. The monoisotopic (exact) mass is 302 g/mol. The first-order chi connectivity index (χ1) is 10.5. The second kappa shape index (κ2) is 7.20. The Balaban J connectivity index is 1.92. The molecular formula is C17H22N2O3. The van der Waals surface area contributed by atoms with E-state index in [4.69, 9.17) is 0 Å². The fourth-order valence-corrected chi connectivity index (χ4v) is 2.45. The molecule has 0 unspecified atom stereocenters. The van der Waals surface area contributed by atoms with Crippen molar-refractivity contribution in [3.63, 3.8) is 0 Å². The zero-order valence-corrected chi connectivity index (χ0v) is 13.1. The molecule has 1 saturated carbocycles. The van der Waals surface area contributed by atoms with Crippen LogP contribution >= 0.6 is 0 Å².